The van der Waals surface area contributed by atoms with Gasteiger partial charge in [0.2, 0.25) is 5.91 Å². The number of alkyl halides is 1. The average molecular weight is 1020 g/mol. The molecule has 1 fully saturated rings. The van der Waals surface area contributed by atoms with E-state index < -0.39 is 0 Å². The fourth-order valence-electron chi connectivity index (χ4n) is 4.20. The van der Waals surface area contributed by atoms with Gasteiger partial charge in [0, 0.05) is 81.2 Å². The van der Waals surface area contributed by atoms with Crippen LogP contribution in [0.25, 0.3) is 0 Å². The number of nitrogens with one attached hydrogen (secondary N) is 6. The molecule has 1 heterocycles. The highest BCUT2D eigenvalue weighted by Gasteiger charge is 2.17. The van der Waals surface area contributed by atoms with Crippen LogP contribution in [0.2, 0.25) is 0 Å². The molecule has 1 aliphatic rings. The molecule has 1 aliphatic heterocycles. The molecule has 1 amide bonds. The molecule has 3 rings (SSSR count). The van der Waals surface area contributed by atoms with Crippen LogP contribution in [-0.4, -0.2) is 195 Å². The van der Waals surface area contributed by atoms with Crippen LogP contribution in [0.4, 0.5) is 0 Å². The Morgan fingerprint density at radius 1 is 0.725 bits per heavy atom. The number of halogens is 2. The predicted octanol–water partition coefficient (Wildman–Crippen LogP) is -0.489. The molecule has 397 valence electrons. The number of rotatable bonds is 24. The van der Waals surface area contributed by atoms with Crippen molar-refractivity contribution in [2.45, 2.75) is 41.3 Å². The van der Waals surface area contributed by atoms with Gasteiger partial charge in [0.1, 0.15) is 6.61 Å². The highest BCUT2D eigenvalue weighted by Crippen LogP contribution is 2.05. The van der Waals surface area contributed by atoms with Gasteiger partial charge in [0.15, 0.2) is 0 Å². The van der Waals surface area contributed by atoms with Gasteiger partial charge in [-0.25, -0.2) is 0 Å². The molecule has 0 atom stereocenters. The summed E-state index contributed by atoms with van der Waals surface area (Å²) < 4.78 is 14.0. The zero-order valence-electron chi connectivity index (χ0n) is 40.0. The van der Waals surface area contributed by atoms with Crippen LogP contribution in [0, 0.1) is 22.7 Å². The number of esters is 3. The number of amides is 1. The summed E-state index contributed by atoms with van der Waals surface area (Å²) in [6.07, 6.45) is 0. The maximum Gasteiger partial charge on any atom is 0.319 e. The highest BCUT2D eigenvalue weighted by atomic mass is 35.5. The summed E-state index contributed by atoms with van der Waals surface area (Å²) in [6.45, 7) is 14.8. The first-order valence-electron chi connectivity index (χ1n) is 21.6. The number of benzene rings is 2. The molecule has 1 saturated heterocycles. The number of ether oxygens (including phenoxy) is 3. The Labute approximate surface area is 425 Å². The van der Waals surface area contributed by atoms with Gasteiger partial charge in [0.25, 0.3) is 0 Å². The number of nitrogens with two attached hydrogens (primary N) is 1. The van der Waals surface area contributed by atoms with Crippen molar-refractivity contribution in [3.8, 4) is 12.1 Å². The molecule has 0 unspecified atom stereocenters. The molecule has 2 aromatic rings. The van der Waals surface area contributed by atoms with Crippen LogP contribution in [-0.2, 0) is 46.5 Å². The number of aliphatic hydroxyl groups is 4. The lowest BCUT2D eigenvalue weighted by molar-refractivity contribution is -0.142. The van der Waals surface area contributed by atoms with Crippen LogP contribution in [0.15, 0.2) is 60.7 Å². The van der Waals surface area contributed by atoms with E-state index in [2.05, 4.69) is 65.6 Å². The van der Waals surface area contributed by atoms with Crippen molar-refractivity contribution in [2.75, 3.05) is 137 Å². The summed E-state index contributed by atoms with van der Waals surface area (Å²) in [6, 6.07) is 23.7. The quantitative estimate of drug-likeness (QED) is 0.0120. The van der Waals surface area contributed by atoms with Gasteiger partial charge in [-0.2, -0.15) is 10.5 Å². The Hall–Kier alpha value is -4.50. The minimum absolute atomic E-state index is 0. The fraction of sp³-hybridized carbons (Fsp3) is 0.600. The molecule has 24 heteroatoms. The monoisotopic (exact) mass is 1020 g/mol. The van der Waals surface area contributed by atoms with Gasteiger partial charge >= 0.3 is 17.9 Å². The fourth-order valence-corrected chi connectivity index (χ4v) is 4.33. The Bertz CT molecular complexity index is 1460. The van der Waals surface area contributed by atoms with E-state index in [1.807, 2.05) is 47.4 Å². The van der Waals surface area contributed by atoms with Crippen molar-refractivity contribution in [3.63, 3.8) is 0 Å². The number of carbonyl (C=O) groups excluding carboxylic acids is 4. The Balaban J connectivity index is -0.000000111. The molecule has 69 heavy (non-hydrogen) atoms. The average Bonchev–Trinajstić information content (AvgIpc) is 3.33. The molecule has 12 N–H and O–H groups in total. The molecule has 0 bridgehead atoms. The zero-order valence-corrected chi connectivity index (χ0v) is 41.5. The third kappa shape index (κ3) is 65.6. The summed E-state index contributed by atoms with van der Waals surface area (Å²) >= 11 is 5.35. The van der Waals surface area contributed by atoms with Crippen LogP contribution in [0.3, 0.4) is 0 Å². The number of hydrogen-bond acceptors (Lipinski definition) is 20. The second-order valence-corrected chi connectivity index (χ2v) is 12.8. The van der Waals surface area contributed by atoms with Crippen LogP contribution in [0.1, 0.15) is 40.8 Å². The molecule has 0 aliphatic carbocycles. The SMILES string of the molecule is C.CCOC(=O)CNCCCl.CCOC(=O)CNCCNCc1ccccc1.CCOC(=O)CNCCO.Cl.N#CCNCCO.N#CCO.NCCO.O=C1CNCCN1Cc1ccccc1.[2HH].[B]. The van der Waals surface area contributed by atoms with E-state index in [4.69, 9.17) is 53.0 Å². The summed E-state index contributed by atoms with van der Waals surface area (Å²) in [5.41, 5.74) is 7.24. The van der Waals surface area contributed by atoms with E-state index in [9.17, 15) is 19.2 Å². The summed E-state index contributed by atoms with van der Waals surface area (Å²) in [5.74, 6) is -0.00130. The van der Waals surface area contributed by atoms with Crippen LogP contribution < -0.4 is 37.6 Å². The normalized spacial score (nSPS) is 10.2. The second-order valence-electron chi connectivity index (χ2n) is 12.4. The standard InChI is InChI=1S/C13H20N2O2.C11H14N2O.C6H12ClNO2.C6H13NO3.C4H8N2O.C2H7NO.C2H3NO.CH4.B.ClH.H2/c1-2-17-13(16)11-15-9-8-14-10-12-6-4-3-5-7-12;14-11-8-12-6-7-13(11)9-10-4-2-1-3-5-10;1-2-10-6(9)5-8-4-3-7;1-2-10-6(9)5-7-3-4-8;5-1-2-6-3-4-7;2*3-1-2-4;;;;/h3-7,14-15H,2,8-11H2,1H3;1-5,12H,6-9H2;8H,2-5H2,1H3;7-8H,2-5H2,1H3;6-7H,2-4H2;4H,1-3H2;4H,2H2;1H4;;2*1H/i;;;;;;;;;;1+1. The lowest BCUT2D eigenvalue weighted by Gasteiger charge is -2.27. The number of nitrogens with zero attached hydrogens (tertiary/aromatic N) is 3. The summed E-state index contributed by atoms with van der Waals surface area (Å²) in [7, 11) is 0. The first-order valence-corrected chi connectivity index (χ1v) is 22.1. The van der Waals surface area contributed by atoms with E-state index >= 15 is 0 Å². The third-order valence-electron chi connectivity index (χ3n) is 7.03. The van der Waals surface area contributed by atoms with Gasteiger partial charge in [-0.15, -0.1) is 24.0 Å². The van der Waals surface area contributed by atoms with Gasteiger partial charge in [-0.1, -0.05) is 68.1 Å². The third-order valence-corrected chi connectivity index (χ3v) is 7.22. The van der Waals surface area contributed by atoms with Gasteiger partial charge in [0.05, 0.1) is 84.5 Å². The summed E-state index contributed by atoms with van der Waals surface area (Å²) in [4.78, 5) is 45.5. The van der Waals surface area contributed by atoms with E-state index in [-0.39, 0.29) is 99.6 Å². The Morgan fingerprint density at radius 2 is 1.14 bits per heavy atom. The molecule has 3 radical (unpaired) electrons. The first-order chi connectivity index (χ1) is 32.0. The van der Waals surface area contributed by atoms with Crippen LogP contribution >= 0.6 is 24.0 Å². The number of nitriles is 2. The molecule has 0 saturated carbocycles. The van der Waals surface area contributed by atoms with E-state index in [0.29, 0.717) is 65.0 Å². The highest BCUT2D eigenvalue weighted by molar-refractivity contribution is 6.18. The second kappa shape index (κ2) is 67.8. The largest absolute Gasteiger partial charge is 0.465 e. The van der Waals surface area contributed by atoms with Gasteiger partial charge in [-0.3, -0.25) is 19.2 Å². The lowest BCUT2D eigenvalue weighted by atomic mass is 10.2. The topological polar surface area (TPSA) is 326 Å². The minimum Gasteiger partial charge on any atom is -0.465 e. The predicted molar refractivity (Wildman–Crippen MR) is 275 cm³/mol. The smallest absolute Gasteiger partial charge is 0.319 e. The van der Waals surface area contributed by atoms with Crippen molar-refractivity contribution in [1.29, 1.82) is 10.5 Å². The van der Waals surface area contributed by atoms with Crippen molar-refractivity contribution >= 4 is 56.2 Å². The van der Waals surface area contributed by atoms with E-state index in [0.717, 1.165) is 39.3 Å². The number of piperazine rings is 1. The van der Waals surface area contributed by atoms with Crippen LogP contribution in [0.5, 0.6) is 0 Å². The van der Waals surface area contributed by atoms with Crippen molar-refractivity contribution in [1.82, 2.24) is 36.8 Å². The lowest BCUT2D eigenvalue weighted by Crippen LogP contribution is -2.47. The van der Waals surface area contributed by atoms with Crippen molar-refractivity contribution in [2.24, 2.45) is 5.73 Å². The van der Waals surface area contributed by atoms with Gasteiger partial charge < -0.3 is 77.2 Å². The van der Waals surface area contributed by atoms with Gasteiger partial charge in [-0.05, 0) is 31.9 Å². The molecule has 21 nitrogen and oxygen atoms in total. The first kappa shape index (κ1) is 78.7. The number of hydrogen-bond donors (Lipinski definition) is 11. The molecule has 2 aromatic carbocycles. The maximum atomic E-state index is 11.5. The Kier molecular flexibility index (Phi) is 77.3. The number of carbonyl (C=O) groups is 4. The molecular weight excluding hydrogens is 938 g/mol. The van der Waals surface area contributed by atoms with Crippen molar-refractivity contribution < 1.29 is 55.2 Å². The molecular formula is C45H84BCl2N10O11. The molecule has 0 spiro atoms. The zero-order chi connectivity index (χ0) is 50.2. The Morgan fingerprint density at radius 3 is 1.54 bits per heavy atom. The minimum atomic E-state index is -0.375. The maximum absolute atomic E-state index is 11.5. The summed E-state index contributed by atoms with van der Waals surface area (Å²) in [5, 5.41) is 64.5. The van der Waals surface area contributed by atoms with E-state index in [1.54, 1.807) is 20.8 Å². The van der Waals surface area contributed by atoms with Crippen molar-refractivity contribution in [3.05, 3.63) is 71.8 Å². The molecule has 0 aromatic heterocycles. The number of aliphatic hydroxyl groups excluding tert-OH is 4. The van der Waals surface area contributed by atoms with E-state index in [1.165, 1.54) is 17.2 Å².